The van der Waals surface area contributed by atoms with Crippen LogP contribution in [0.15, 0.2) is 47.4 Å². The Bertz CT molecular complexity index is 968. The average molecular weight is 445 g/mol. The standard InChI is InChI=1S/C19H19Cl2FN2O3S/c20-15-4-3-13(18(21)10-15)11-23-19(25)14-2-1-9-24(12-14)28(26,27)17-7-5-16(22)6-8-17/h3-8,10,14H,1-2,9,11-12H2,(H,23,25)/t14-/m1/s1. The van der Waals surface area contributed by atoms with Gasteiger partial charge in [0.1, 0.15) is 5.82 Å². The van der Waals surface area contributed by atoms with Gasteiger partial charge >= 0.3 is 0 Å². The van der Waals surface area contributed by atoms with Crippen molar-refractivity contribution in [3.05, 3.63) is 63.9 Å². The first kappa shape index (κ1) is 21.0. The van der Waals surface area contributed by atoms with Crippen molar-refractivity contribution in [3.63, 3.8) is 0 Å². The van der Waals surface area contributed by atoms with Crippen LogP contribution in [-0.2, 0) is 21.4 Å². The maximum atomic E-state index is 13.1. The third kappa shape index (κ3) is 4.84. The molecular formula is C19H19Cl2FN2O3S. The molecule has 0 bridgehead atoms. The van der Waals surface area contributed by atoms with E-state index >= 15 is 0 Å². The van der Waals surface area contributed by atoms with Crippen molar-refractivity contribution in [2.24, 2.45) is 5.92 Å². The van der Waals surface area contributed by atoms with Gasteiger partial charge in [-0.15, -0.1) is 0 Å². The largest absolute Gasteiger partial charge is 0.352 e. The molecule has 3 rings (SSSR count). The summed E-state index contributed by atoms with van der Waals surface area (Å²) < 4.78 is 39.9. The number of nitrogens with one attached hydrogen (secondary N) is 1. The summed E-state index contributed by atoms with van der Waals surface area (Å²) in [6.45, 7) is 0.641. The van der Waals surface area contributed by atoms with Crippen molar-refractivity contribution >= 4 is 39.1 Å². The van der Waals surface area contributed by atoms with Crippen LogP contribution in [0.1, 0.15) is 18.4 Å². The minimum absolute atomic E-state index is 0.0166. The van der Waals surface area contributed by atoms with Crippen LogP contribution in [0.2, 0.25) is 10.0 Å². The molecular weight excluding hydrogens is 426 g/mol. The highest BCUT2D eigenvalue weighted by molar-refractivity contribution is 7.89. The second-order valence-corrected chi connectivity index (χ2v) is 9.39. The highest BCUT2D eigenvalue weighted by Gasteiger charge is 2.33. The first-order valence-electron chi connectivity index (χ1n) is 8.75. The smallest absolute Gasteiger partial charge is 0.243 e. The van der Waals surface area contributed by atoms with Gasteiger partial charge in [0, 0.05) is 29.7 Å². The number of rotatable bonds is 5. The molecule has 1 heterocycles. The maximum Gasteiger partial charge on any atom is 0.243 e. The normalized spacial score (nSPS) is 18.0. The van der Waals surface area contributed by atoms with Gasteiger partial charge in [-0.25, -0.2) is 12.8 Å². The van der Waals surface area contributed by atoms with Gasteiger partial charge in [-0.2, -0.15) is 4.31 Å². The molecule has 2 aromatic carbocycles. The highest BCUT2D eigenvalue weighted by Crippen LogP contribution is 2.25. The average Bonchev–Trinajstić information content (AvgIpc) is 2.67. The zero-order valence-corrected chi connectivity index (χ0v) is 17.2. The van der Waals surface area contributed by atoms with Crippen LogP contribution >= 0.6 is 23.2 Å². The van der Waals surface area contributed by atoms with Crippen LogP contribution in [0, 0.1) is 11.7 Å². The van der Waals surface area contributed by atoms with Crippen LogP contribution in [0.3, 0.4) is 0 Å². The monoisotopic (exact) mass is 444 g/mol. The minimum Gasteiger partial charge on any atom is -0.352 e. The summed E-state index contributed by atoms with van der Waals surface area (Å²) >= 11 is 12.0. The zero-order chi connectivity index (χ0) is 20.3. The topological polar surface area (TPSA) is 66.5 Å². The number of carbonyl (C=O) groups excluding carboxylic acids is 1. The molecule has 0 unspecified atom stereocenters. The van der Waals surface area contributed by atoms with Crippen LogP contribution in [0.25, 0.3) is 0 Å². The number of piperidine rings is 1. The molecule has 0 aromatic heterocycles. The Morgan fingerprint density at radius 1 is 1.18 bits per heavy atom. The van der Waals surface area contributed by atoms with E-state index in [0.717, 1.165) is 17.7 Å². The van der Waals surface area contributed by atoms with E-state index in [1.807, 2.05) is 0 Å². The predicted octanol–water partition coefficient (Wildman–Crippen LogP) is 3.85. The molecule has 1 amide bonds. The SMILES string of the molecule is O=C(NCc1ccc(Cl)cc1Cl)[C@@H]1CCCN(S(=O)(=O)c2ccc(F)cc2)C1. The first-order chi connectivity index (χ1) is 13.3. The molecule has 1 N–H and O–H groups in total. The van der Waals surface area contributed by atoms with Crippen LogP contribution in [-0.4, -0.2) is 31.7 Å². The number of amides is 1. The van der Waals surface area contributed by atoms with E-state index < -0.39 is 21.8 Å². The Balaban J connectivity index is 1.65. The van der Waals surface area contributed by atoms with E-state index in [-0.39, 0.29) is 23.9 Å². The number of sulfonamides is 1. The molecule has 1 atom stereocenters. The second-order valence-electron chi connectivity index (χ2n) is 6.61. The van der Waals surface area contributed by atoms with Crippen molar-refractivity contribution in [1.82, 2.24) is 9.62 Å². The maximum absolute atomic E-state index is 13.1. The van der Waals surface area contributed by atoms with Crippen molar-refractivity contribution in [2.45, 2.75) is 24.3 Å². The van der Waals surface area contributed by atoms with Crippen LogP contribution in [0.5, 0.6) is 0 Å². The fourth-order valence-corrected chi connectivity index (χ4v) is 5.12. The molecule has 1 aliphatic heterocycles. The fourth-order valence-electron chi connectivity index (χ4n) is 3.12. The summed E-state index contributed by atoms with van der Waals surface area (Å²) in [7, 11) is -3.77. The quantitative estimate of drug-likeness (QED) is 0.761. The molecule has 0 saturated carbocycles. The lowest BCUT2D eigenvalue weighted by molar-refractivity contribution is -0.126. The van der Waals surface area contributed by atoms with Crippen molar-refractivity contribution in [2.75, 3.05) is 13.1 Å². The summed E-state index contributed by atoms with van der Waals surface area (Å²) in [5, 5.41) is 3.77. The molecule has 1 saturated heterocycles. The van der Waals surface area contributed by atoms with Crippen molar-refractivity contribution in [1.29, 1.82) is 0 Å². The molecule has 0 spiro atoms. The van der Waals surface area contributed by atoms with Gasteiger partial charge in [-0.3, -0.25) is 4.79 Å². The summed E-state index contributed by atoms with van der Waals surface area (Å²) in [6, 6.07) is 9.70. The van der Waals surface area contributed by atoms with E-state index in [0.29, 0.717) is 29.4 Å². The van der Waals surface area contributed by atoms with Gasteiger partial charge in [0.15, 0.2) is 0 Å². The highest BCUT2D eigenvalue weighted by atomic mass is 35.5. The molecule has 0 radical (unpaired) electrons. The van der Waals surface area contributed by atoms with Gasteiger partial charge < -0.3 is 5.32 Å². The number of halogens is 3. The van der Waals surface area contributed by atoms with E-state index in [9.17, 15) is 17.6 Å². The Morgan fingerprint density at radius 2 is 1.89 bits per heavy atom. The van der Waals surface area contributed by atoms with E-state index in [2.05, 4.69) is 5.32 Å². The van der Waals surface area contributed by atoms with Crippen molar-refractivity contribution < 1.29 is 17.6 Å². The molecule has 0 aliphatic carbocycles. The Kier molecular flexibility index (Phi) is 6.60. The summed E-state index contributed by atoms with van der Waals surface area (Å²) in [5.41, 5.74) is 0.728. The number of hydrogen-bond acceptors (Lipinski definition) is 3. The lowest BCUT2D eigenvalue weighted by atomic mass is 9.99. The summed E-state index contributed by atoms with van der Waals surface area (Å²) in [5.74, 6) is -1.20. The molecule has 28 heavy (non-hydrogen) atoms. The summed E-state index contributed by atoms with van der Waals surface area (Å²) in [6.07, 6.45) is 1.16. The minimum atomic E-state index is -3.77. The summed E-state index contributed by atoms with van der Waals surface area (Å²) in [4.78, 5) is 12.6. The third-order valence-corrected chi connectivity index (χ3v) is 7.14. The van der Waals surface area contributed by atoms with Crippen LogP contribution < -0.4 is 5.32 Å². The lowest BCUT2D eigenvalue weighted by Crippen LogP contribution is -2.45. The molecule has 9 heteroatoms. The Labute approximate surface area is 173 Å². The van der Waals surface area contributed by atoms with Gasteiger partial charge in [-0.1, -0.05) is 29.3 Å². The Morgan fingerprint density at radius 3 is 2.57 bits per heavy atom. The first-order valence-corrected chi connectivity index (χ1v) is 10.9. The lowest BCUT2D eigenvalue weighted by Gasteiger charge is -2.31. The van der Waals surface area contributed by atoms with E-state index in [4.69, 9.17) is 23.2 Å². The second kappa shape index (κ2) is 8.78. The predicted molar refractivity (Wildman–Crippen MR) is 106 cm³/mol. The Hall–Kier alpha value is -1.67. The van der Waals surface area contributed by atoms with Gasteiger partial charge in [-0.05, 0) is 54.8 Å². The number of benzene rings is 2. The van der Waals surface area contributed by atoms with Crippen molar-refractivity contribution in [3.8, 4) is 0 Å². The molecule has 1 fully saturated rings. The van der Waals surface area contributed by atoms with Gasteiger partial charge in [0.05, 0.1) is 10.8 Å². The molecule has 150 valence electrons. The number of carbonyl (C=O) groups is 1. The zero-order valence-electron chi connectivity index (χ0n) is 14.9. The molecule has 5 nitrogen and oxygen atoms in total. The molecule has 1 aliphatic rings. The third-order valence-electron chi connectivity index (χ3n) is 4.67. The van der Waals surface area contributed by atoms with Crippen LogP contribution in [0.4, 0.5) is 4.39 Å². The van der Waals surface area contributed by atoms with Gasteiger partial charge in [0.25, 0.3) is 0 Å². The van der Waals surface area contributed by atoms with E-state index in [1.54, 1.807) is 18.2 Å². The van der Waals surface area contributed by atoms with Gasteiger partial charge in [0.2, 0.25) is 15.9 Å². The molecule has 2 aromatic rings. The van der Waals surface area contributed by atoms with E-state index in [1.165, 1.54) is 16.4 Å². The number of nitrogens with zero attached hydrogens (tertiary/aromatic N) is 1. The number of hydrogen-bond donors (Lipinski definition) is 1. The fraction of sp³-hybridized carbons (Fsp3) is 0.316.